The number of carbonyl (C=O) groups excluding carboxylic acids is 2. The van der Waals surface area contributed by atoms with Gasteiger partial charge >= 0.3 is 0 Å². The van der Waals surface area contributed by atoms with Gasteiger partial charge in [0.1, 0.15) is 0 Å². The lowest BCUT2D eigenvalue weighted by Gasteiger charge is -2.31. The smallest absolute Gasteiger partial charge is 0.227 e. The Kier molecular flexibility index (Phi) is 6.94. The van der Waals surface area contributed by atoms with Crippen LogP contribution in [0.25, 0.3) is 0 Å². The fourth-order valence-corrected chi connectivity index (χ4v) is 2.97. The van der Waals surface area contributed by atoms with Crippen LogP contribution in [0.15, 0.2) is 24.3 Å². The van der Waals surface area contributed by atoms with Crippen molar-refractivity contribution in [3.05, 3.63) is 29.8 Å². The predicted octanol–water partition coefficient (Wildman–Crippen LogP) is 2.49. The molecule has 1 aliphatic heterocycles. The van der Waals surface area contributed by atoms with Crippen LogP contribution in [-0.2, 0) is 4.79 Å². The molecule has 2 rings (SSSR count). The van der Waals surface area contributed by atoms with Crippen LogP contribution in [0.5, 0.6) is 0 Å². The molecule has 0 atom stereocenters. The number of rotatable bonds is 7. The number of nitrogens with zero attached hydrogens (tertiary/aromatic N) is 2. The lowest BCUT2D eigenvalue weighted by atomic mass is 10.0. The second-order valence-electron chi connectivity index (χ2n) is 6.59. The van der Waals surface area contributed by atoms with Crippen molar-refractivity contribution >= 4 is 17.4 Å². The first kappa shape index (κ1) is 18.6. The molecule has 0 unspecified atom stereocenters. The number of piperazine rings is 1. The van der Waals surface area contributed by atoms with Crippen molar-refractivity contribution in [2.24, 2.45) is 5.92 Å². The fraction of sp³-hybridized carbons (Fsp3) is 0.579. The van der Waals surface area contributed by atoms with Crippen LogP contribution in [0.4, 0.5) is 5.69 Å². The largest absolute Gasteiger partial charge is 0.326 e. The summed E-state index contributed by atoms with van der Waals surface area (Å²) in [5.41, 5.74) is 1.37. The molecule has 132 valence electrons. The van der Waals surface area contributed by atoms with Gasteiger partial charge in [-0.1, -0.05) is 26.0 Å². The van der Waals surface area contributed by atoms with E-state index in [1.165, 1.54) is 0 Å². The van der Waals surface area contributed by atoms with Crippen LogP contribution in [-0.4, -0.2) is 61.3 Å². The van der Waals surface area contributed by atoms with E-state index in [9.17, 15) is 9.59 Å². The molecule has 1 saturated heterocycles. The molecule has 0 aromatic heterocycles. The standard InChI is InChI=1S/C19H29N3O2/c1-4-15(5-2)19(24)20-17-8-6-7-16(13-17)18(23)14-22-11-9-21(3)10-12-22/h6-8,13,15H,4-5,9-12,14H2,1-3H3,(H,20,24). The quantitative estimate of drug-likeness (QED) is 0.780. The summed E-state index contributed by atoms with van der Waals surface area (Å²) in [6, 6.07) is 7.29. The van der Waals surface area contributed by atoms with Crippen LogP contribution in [0.2, 0.25) is 0 Å². The van der Waals surface area contributed by atoms with Gasteiger partial charge in [0.25, 0.3) is 0 Å². The third-order valence-electron chi connectivity index (χ3n) is 4.77. The molecule has 24 heavy (non-hydrogen) atoms. The number of hydrogen-bond donors (Lipinski definition) is 1. The van der Waals surface area contributed by atoms with E-state index in [1.807, 2.05) is 32.0 Å². The van der Waals surface area contributed by atoms with Gasteiger partial charge in [-0.25, -0.2) is 0 Å². The maximum Gasteiger partial charge on any atom is 0.227 e. The van der Waals surface area contributed by atoms with Crippen LogP contribution < -0.4 is 5.32 Å². The number of likely N-dealkylation sites (N-methyl/N-ethyl adjacent to an activating group) is 1. The number of nitrogens with one attached hydrogen (secondary N) is 1. The van der Waals surface area contributed by atoms with Gasteiger partial charge in [-0.2, -0.15) is 0 Å². The summed E-state index contributed by atoms with van der Waals surface area (Å²) in [4.78, 5) is 29.2. The second kappa shape index (κ2) is 8.94. The van der Waals surface area contributed by atoms with Crippen molar-refractivity contribution in [2.45, 2.75) is 26.7 Å². The number of benzene rings is 1. The van der Waals surface area contributed by atoms with E-state index >= 15 is 0 Å². The van der Waals surface area contributed by atoms with Crippen molar-refractivity contribution in [1.82, 2.24) is 9.80 Å². The molecule has 0 saturated carbocycles. The summed E-state index contributed by atoms with van der Waals surface area (Å²) >= 11 is 0. The minimum atomic E-state index is 0.0229. The number of carbonyl (C=O) groups is 2. The highest BCUT2D eigenvalue weighted by Crippen LogP contribution is 2.16. The van der Waals surface area contributed by atoms with Crippen LogP contribution in [0, 0.1) is 5.92 Å². The summed E-state index contributed by atoms with van der Waals surface area (Å²) in [6.45, 7) is 8.32. The topological polar surface area (TPSA) is 52.7 Å². The fourth-order valence-electron chi connectivity index (χ4n) is 2.97. The van der Waals surface area contributed by atoms with Gasteiger partial charge in [0.15, 0.2) is 5.78 Å². The first-order valence-corrected chi connectivity index (χ1v) is 8.88. The van der Waals surface area contributed by atoms with Crippen molar-refractivity contribution in [3.8, 4) is 0 Å². The molecule has 1 aromatic rings. The van der Waals surface area contributed by atoms with Crippen molar-refractivity contribution in [3.63, 3.8) is 0 Å². The van der Waals surface area contributed by atoms with Crippen LogP contribution in [0.1, 0.15) is 37.0 Å². The molecule has 1 amide bonds. The molecule has 0 spiro atoms. The predicted molar refractivity (Wildman–Crippen MR) is 97.4 cm³/mol. The maximum absolute atomic E-state index is 12.5. The Morgan fingerprint density at radius 1 is 1.12 bits per heavy atom. The molecule has 1 heterocycles. The summed E-state index contributed by atoms with van der Waals surface area (Å²) in [6.07, 6.45) is 1.65. The van der Waals surface area contributed by atoms with E-state index < -0.39 is 0 Å². The van der Waals surface area contributed by atoms with Gasteiger partial charge in [0, 0.05) is 43.3 Å². The minimum absolute atomic E-state index is 0.0229. The van der Waals surface area contributed by atoms with E-state index in [0.29, 0.717) is 17.8 Å². The van der Waals surface area contributed by atoms with Gasteiger partial charge in [-0.3, -0.25) is 14.5 Å². The molecular formula is C19H29N3O2. The molecule has 0 bridgehead atoms. The molecular weight excluding hydrogens is 302 g/mol. The molecule has 1 N–H and O–H groups in total. The van der Waals surface area contributed by atoms with Gasteiger partial charge in [-0.05, 0) is 32.0 Å². The first-order valence-electron chi connectivity index (χ1n) is 8.88. The first-order chi connectivity index (χ1) is 11.5. The monoisotopic (exact) mass is 331 g/mol. The zero-order chi connectivity index (χ0) is 17.5. The molecule has 1 aromatic carbocycles. The van der Waals surface area contributed by atoms with Crippen molar-refractivity contribution < 1.29 is 9.59 Å². The molecule has 5 nitrogen and oxygen atoms in total. The molecule has 1 aliphatic rings. The Bertz CT molecular complexity index is 561. The van der Waals surface area contributed by atoms with E-state index in [4.69, 9.17) is 0 Å². The second-order valence-corrected chi connectivity index (χ2v) is 6.59. The van der Waals surface area contributed by atoms with Gasteiger partial charge in [-0.15, -0.1) is 0 Å². The highest BCUT2D eigenvalue weighted by Gasteiger charge is 2.18. The van der Waals surface area contributed by atoms with Gasteiger partial charge in [0.05, 0.1) is 6.54 Å². The Labute approximate surface area is 145 Å². The van der Waals surface area contributed by atoms with E-state index in [2.05, 4.69) is 22.2 Å². The van der Waals surface area contributed by atoms with E-state index in [0.717, 1.165) is 39.0 Å². The minimum Gasteiger partial charge on any atom is -0.326 e. The third-order valence-corrected chi connectivity index (χ3v) is 4.77. The number of hydrogen-bond acceptors (Lipinski definition) is 4. The van der Waals surface area contributed by atoms with E-state index in [1.54, 1.807) is 6.07 Å². The molecule has 0 radical (unpaired) electrons. The highest BCUT2D eigenvalue weighted by molar-refractivity contribution is 6.00. The summed E-state index contributed by atoms with van der Waals surface area (Å²) < 4.78 is 0. The third kappa shape index (κ3) is 5.14. The molecule has 0 aliphatic carbocycles. The zero-order valence-corrected chi connectivity index (χ0v) is 15.0. The summed E-state index contributed by atoms with van der Waals surface area (Å²) in [5, 5.41) is 2.94. The number of anilines is 1. The Hall–Kier alpha value is -1.72. The Morgan fingerprint density at radius 2 is 1.79 bits per heavy atom. The van der Waals surface area contributed by atoms with Crippen molar-refractivity contribution in [1.29, 1.82) is 0 Å². The Morgan fingerprint density at radius 3 is 2.42 bits per heavy atom. The summed E-state index contributed by atoms with van der Waals surface area (Å²) in [5.74, 6) is 0.163. The van der Waals surface area contributed by atoms with Crippen LogP contribution in [0.3, 0.4) is 0 Å². The SMILES string of the molecule is CCC(CC)C(=O)Nc1cccc(C(=O)CN2CCN(C)CC2)c1. The lowest BCUT2D eigenvalue weighted by Crippen LogP contribution is -2.46. The van der Waals surface area contributed by atoms with Crippen LogP contribution >= 0.6 is 0 Å². The van der Waals surface area contributed by atoms with Gasteiger partial charge in [0.2, 0.25) is 5.91 Å². The normalized spacial score (nSPS) is 16.3. The zero-order valence-electron chi connectivity index (χ0n) is 15.0. The number of ketones is 1. The van der Waals surface area contributed by atoms with Crippen molar-refractivity contribution in [2.75, 3.05) is 45.1 Å². The highest BCUT2D eigenvalue weighted by atomic mass is 16.2. The average molecular weight is 331 g/mol. The van der Waals surface area contributed by atoms with E-state index in [-0.39, 0.29) is 17.6 Å². The maximum atomic E-state index is 12.5. The lowest BCUT2D eigenvalue weighted by molar-refractivity contribution is -0.120. The summed E-state index contributed by atoms with van der Waals surface area (Å²) in [7, 11) is 2.10. The number of amides is 1. The number of Topliss-reactive ketones (excluding diaryl/α,β-unsaturated/α-hetero) is 1. The molecule has 1 fully saturated rings. The van der Waals surface area contributed by atoms with Gasteiger partial charge < -0.3 is 10.2 Å². The molecule has 5 heteroatoms. The Balaban J connectivity index is 1.96. The average Bonchev–Trinajstić information content (AvgIpc) is 2.58.